The van der Waals surface area contributed by atoms with Gasteiger partial charge in [-0.25, -0.2) is 0 Å². The normalized spacial score (nSPS) is 12.6. The molecular weight excluding hydrogens is 361 g/mol. The van der Waals surface area contributed by atoms with Crippen molar-refractivity contribution < 1.29 is 22.7 Å². The molecule has 2 rings (SSSR count). The smallest absolute Gasteiger partial charge is 0.374 e. The molecule has 0 saturated carbocycles. The molecule has 0 radical (unpaired) electrons. The number of benzene rings is 1. The Bertz CT molecular complexity index is 804. The third-order valence-electron chi connectivity index (χ3n) is 3.92. The second kappa shape index (κ2) is 9.36. The Labute approximate surface area is 154 Å². The van der Waals surface area contributed by atoms with Crippen LogP contribution in [0.1, 0.15) is 30.6 Å². The minimum Gasteiger partial charge on any atom is -0.374 e. The summed E-state index contributed by atoms with van der Waals surface area (Å²) < 4.78 is 44.6. The summed E-state index contributed by atoms with van der Waals surface area (Å²) in [7, 11) is 0. The van der Waals surface area contributed by atoms with E-state index in [1.165, 1.54) is 0 Å². The standard InChI is InChI=1S/C19H21F3N2O3/c1-14(15-7-3-2-4-8-15)27-12-6-10-23-17(25)13-24-11-5-9-16(18(24)26)19(20,21)22/h2-5,7-9,11,14H,6,10,12-13H2,1H3,(H,23,25). The Kier molecular flexibility index (Phi) is 7.18. The molecule has 0 aliphatic heterocycles. The Balaban J connectivity index is 1.75. The van der Waals surface area contributed by atoms with Gasteiger partial charge in [0.25, 0.3) is 5.56 Å². The molecule has 5 nitrogen and oxygen atoms in total. The molecule has 1 aromatic carbocycles. The number of alkyl halides is 3. The molecule has 0 bridgehead atoms. The lowest BCUT2D eigenvalue weighted by Crippen LogP contribution is -2.35. The van der Waals surface area contributed by atoms with E-state index >= 15 is 0 Å². The monoisotopic (exact) mass is 382 g/mol. The van der Waals surface area contributed by atoms with Crippen LogP contribution in [0, 0.1) is 0 Å². The highest BCUT2D eigenvalue weighted by molar-refractivity contribution is 5.75. The fourth-order valence-corrected chi connectivity index (χ4v) is 2.47. The first-order valence-corrected chi connectivity index (χ1v) is 8.49. The third kappa shape index (κ3) is 6.25. The maximum atomic E-state index is 12.7. The Morgan fingerprint density at radius 3 is 2.56 bits per heavy atom. The van der Waals surface area contributed by atoms with Gasteiger partial charge in [0, 0.05) is 19.3 Å². The molecule has 27 heavy (non-hydrogen) atoms. The van der Waals surface area contributed by atoms with Gasteiger partial charge in [0.05, 0.1) is 6.10 Å². The molecule has 0 spiro atoms. The lowest BCUT2D eigenvalue weighted by molar-refractivity contribution is -0.139. The van der Waals surface area contributed by atoms with Crippen molar-refractivity contribution in [2.45, 2.75) is 32.2 Å². The van der Waals surface area contributed by atoms with Gasteiger partial charge < -0.3 is 14.6 Å². The zero-order chi connectivity index (χ0) is 19.9. The first-order chi connectivity index (χ1) is 12.8. The molecule has 0 saturated heterocycles. The van der Waals surface area contributed by atoms with Crippen LogP contribution in [0.4, 0.5) is 13.2 Å². The summed E-state index contributed by atoms with van der Waals surface area (Å²) in [6.45, 7) is 2.17. The molecule has 0 fully saturated rings. The van der Waals surface area contributed by atoms with Gasteiger partial charge in [0.15, 0.2) is 0 Å². The number of aromatic nitrogens is 1. The van der Waals surface area contributed by atoms with Crippen LogP contribution in [0.5, 0.6) is 0 Å². The van der Waals surface area contributed by atoms with Crippen LogP contribution >= 0.6 is 0 Å². The SMILES string of the molecule is CC(OCCCNC(=O)Cn1cccc(C(F)(F)F)c1=O)c1ccccc1. The number of carbonyl (C=O) groups excluding carboxylic acids is 1. The van der Waals surface area contributed by atoms with Crippen molar-refractivity contribution in [1.82, 2.24) is 9.88 Å². The van der Waals surface area contributed by atoms with Crippen molar-refractivity contribution >= 4 is 5.91 Å². The first kappa shape index (κ1) is 20.7. The first-order valence-electron chi connectivity index (χ1n) is 8.49. The molecule has 1 atom stereocenters. The number of hydrogen-bond acceptors (Lipinski definition) is 3. The number of hydrogen-bond donors (Lipinski definition) is 1. The summed E-state index contributed by atoms with van der Waals surface area (Å²) in [5.74, 6) is -0.535. The van der Waals surface area contributed by atoms with Gasteiger partial charge in [0.1, 0.15) is 12.1 Å². The molecule has 1 N–H and O–H groups in total. The average Bonchev–Trinajstić information content (AvgIpc) is 2.62. The number of halogens is 3. The Morgan fingerprint density at radius 1 is 1.19 bits per heavy atom. The Hall–Kier alpha value is -2.61. The molecule has 1 unspecified atom stereocenters. The molecule has 1 heterocycles. The van der Waals surface area contributed by atoms with Crippen molar-refractivity contribution in [3.05, 3.63) is 70.1 Å². The van der Waals surface area contributed by atoms with Gasteiger partial charge in [-0.2, -0.15) is 13.2 Å². The largest absolute Gasteiger partial charge is 0.421 e. The predicted molar refractivity (Wildman–Crippen MR) is 94.1 cm³/mol. The summed E-state index contributed by atoms with van der Waals surface area (Å²) in [5.41, 5.74) is -1.48. The van der Waals surface area contributed by atoms with Crippen LogP contribution < -0.4 is 10.9 Å². The number of carbonyl (C=O) groups is 1. The number of amides is 1. The molecule has 2 aromatic rings. The van der Waals surface area contributed by atoms with Crippen LogP contribution in [0.25, 0.3) is 0 Å². The van der Waals surface area contributed by atoms with E-state index < -0.39 is 29.8 Å². The molecule has 0 aliphatic rings. The zero-order valence-corrected chi connectivity index (χ0v) is 14.8. The van der Waals surface area contributed by atoms with Gasteiger partial charge in [0.2, 0.25) is 5.91 Å². The minimum atomic E-state index is -4.75. The maximum absolute atomic E-state index is 12.7. The van der Waals surface area contributed by atoms with Crippen LogP contribution in [0.15, 0.2) is 53.5 Å². The van der Waals surface area contributed by atoms with Crippen molar-refractivity contribution in [3.63, 3.8) is 0 Å². The molecule has 1 aromatic heterocycles. The van der Waals surface area contributed by atoms with E-state index in [0.717, 1.165) is 22.4 Å². The molecule has 0 aliphatic carbocycles. The highest BCUT2D eigenvalue weighted by atomic mass is 19.4. The van der Waals surface area contributed by atoms with E-state index in [9.17, 15) is 22.8 Å². The summed E-state index contributed by atoms with van der Waals surface area (Å²) in [6.07, 6.45) is -3.13. The predicted octanol–water partition coefficient (Wildman–Crippen LogP) is 3.15. The lowest BCUT2D eigenvalue weighted by atomic mass is 10.1. The zero-order valence-electron chi connectivity index (χ0n) is 14.8. The summed E-state index contributed by atoms with van der Waals surface area (Å²) in [4.78, 5) is 23.6. The van der Waals surface area contributed by atoms with E-state index in [2.05, 4.69) is 5.32 Å². The van der Waals surface area contributed by atoms with E-state index in [4.69, 9.17) is 4.74 Å². The molecule has 1 amide bonds. The average molecular weight is 382 g/mol. The van der Waals surface area contributed by atoms with Crippen LogP contribution in [0.2, 0.25) is 0 Å². The minimum absolute atomic E-state index is 0.0782. The van der Waals surface area contributed by atoms with Gasteiger partial charge in [-0.05, 0) is 31.0 Å². The molecule has 8 heteroatoms. The van der Waals surface area contributed by atoms with Crippen molar-refractivity contribution in [2.75, 3.05) is 13.2 Å². The van der Waals surface area contributed by atoms with Crippen molar-refractivity contribution in [2.24, 2.45) is 0 Å². The lowest BCUT2D eigenvalue weighted by Gasteiger charge is -2.14. The highest BCUT2D eigenvalue weighted by Crippen LogP contribution is 2.25. The topological polar surface area (TPSA) is 60.3 Å². The van der Waals surface area contributed by atoms with Crippen LogP contribution in [-0.2, 0) is 22.3 Å². The van der Waals surface area contributed by atoms with Crippen molar-refractivity contribution in [3.8, 4) is 0 Å². The fourth-order valence-electron chi connectivity index (χ4n) is 2.47. The molecule has 146 valence electrons. The molecular formula is C19H21F3N2O3. The van der Waals surface area contributed by atoms with Crippen LogP contribution in [0.3, 0.4) is 0 Å². The maximum Gasteiger partial charge on any atom is 0.421 e. The van der Waals surface area contributed by atoms with E-state index in [1.807, 2.05) is 37.3 Å². The highest BCUT2D eigenvalue weighted by Gasteiger charge is 2.34. The van der Waals surface area contributed by atoms with E-state index in [0.29, 0.717) is 25.6 Å². The van der Waals surface area contributed by atoms with E-state index in [1.54, 1.807) is 0 Å². The second-order valence-corrected chi connectivity index (χ2v) is 5.98. The second-order valence-electron chi connectivity index (χ2n) is 5.98. The van der Waals surface area contributed by atoms with Gasteiger partial charge in [-0.15, -0.1) is 0 Å². The van der Waals surface area contributed by atoms with Crippen molar-refractivity contribution in [1.29, 1.82) is 0 Å². The Morgan fingerprint density at radius 2 is 1.89 bits per heavy atom. The van der Waals surface area contributed by atoms with Gasteiger partial charge in [-0.3, -0.25) is 9.59 Å². The number of rotatable bonds is 8. The van der Waals surface area contributed by atoms with Gasteiger partial charge in [-0.1, -0.05) is 30.3 Å². The fraction of sp³-hybridized carbons (Fsp3) is 0.368. The quantitative estimate of drug-likeness (QED) is 0.714. The van der Waals surface area contributed by atoms with Gasteiger partial charge >= 0.3 is 6.18 Å². The van der Waals surface area contributed by atoms with Crippen LogP contribution in [-0.4, -0.2) is 23.6 Å². The summed E-state index contributed by atoms with van der Waals surface area (Å²) in [5, 5.41) is 2.57. The number of ether oxygens (including phenoxy) is 1. The number of pyridine rings is 1. The van der Waals surface area contributed by atoms with E-state index in [-0.39, 0.29) is 6.10 Å². The number of nitrogens with zero attached hydrogens (tertiary/aromatic N) is 1. The third-order valence-corrected chi connectivity index (χ3v) is 3.92. The number of nitrogens with one attached hydrogen (secondary N) is 1. The summed E-state index contributed by atoms with van der Waals surface area (Å²) in [6, 6.07) is 11.5. The summed E-state index contributed by atoms with van der Waals surface area (Å²) >= 11 is 0.